The number of amides is 1. The number of anilines is 1. The number of thioether (sulfide) groups is 1. The lowest BCUT2D eigenvalue weighted by molar-refractivity contribution is -0.137. The molecular formula is C27H26F5N5O2S. The molecule has 0 saturated carbocycles. The van der Waals surface area contributed by atoms with Crippen LogP contribution in [0, 0.1) is 11.6 Å². The Morgan fingerprint density at radius 3 is 2.42 bits per heavy atom. The first-order valence-electron chi connectivity index (χ1n) is 12.5. The summed E-state index contributed by atoms with van der Waals surface area (Å²) in [6, 6.07) is 1.94. The largest absolute Gasteiger partial charge is 0.417 e. The van der Waals surface area contributed by atoms with Gasteiger partial charge in [-0.15, -0.1) is 11.8 Å². The Morgan fingerprint density at radius 2 is 1.82 bits per heavy atom. The summed E-state index contributed by atoms with van der Waals surface area (Å²) in [5.74, 6) is -2.19. The van der Waals surface area contributed by atoms with Crippen molar-refractivity contribution < 1.29 is 26.7 Å². The normalized spacial score (nSPS) is 21.4. The van der Waals surface area contributed by atoms with E-state index >= 15 is 4.39 Å². The molecule has 0 bridgehead atoms. The number of hydrogen-bond acceptors (Lipinski definition) is 6. The van der Waals surface area contributed by atoms with Crippen molar-refractivity contribution in [1.82, 2.24) is 14.5 Å². The molecule has 0 spiro atoms. The van der Waals surface area contributed by atoms with E-state index in [9.17, 15) is 27.2 Å². The zero-order valence-corrected chi connectivity index (χ0v) is 22.5. The molecule has 13 heteroatoms. The number of hydrogen-bond donors (Lipinski definition) is 1. The van der Waals surface area contributed by atoms with E-state index < -0.39 is 46.2 Å². The number of piperazine rings is 1. The highest BCUT2D eigenvalue weighted by atomic mass is 32.2. The van der Waals surface area contributed by atoms with Crippen molar-refractivity contribution in [2.24, 2.45) is 5.73 Å². The number of carbonyl (C=O) groups is 1. The summed E-state index contributed by atoms with van der Waals surface area (Å²) >= 11 is 0.992. The number of aromatic nitrogens is 2. The Kier molecular flexibility index (Phi) is 7.15. The standard InChI is InChI=1S/C27H26F5N5O2S/c1-4-21(38)37-13(2)9-35(10-14(37)3)25-18-8-19(27(30,31)32)22(17-6-5-15(28)7-20(17)29)24-23(18)36(26(39)34-25)11-16(33)12-40-24/h4-8,13-14,16H,1,9-12,33H2,2-3H3. The number of nitrogens with two attached hydrogens (primary N) is 1. The molecule has 1 saturated heterocycles. The third kappa shape index (κ3) is 4.74. The smallest absolute Gasteiger partial charge is 0.352 e. The highest BCUT2D eigenvalue weighted by molar-refractivity contribution is 7.99. The van der Waals surface area contributed by atoms with Crippen LogP contribution in [0.2, 0.25) is 0 Å². The number of rotatable bonds is 3. The predicted octanol–water partition coefficient (Wildman–Crippen LogP) is 4.41. The molecule has 0 radical (unpaired) electrons. The predicted molar refractivity (Wildman–Crippen MR) is 143 cm³/mol. The van der Waals surface area contributed by atoms with Crippen LogP contribution in [0.25, 0.3) is 22.0 Å². The minimum atomic E-state index is -4.93. The lowest BCUT2D eigenvalue weighted by atomic mass is 9.95. The fraction of sp³-hybridized carbons (Fsp3) is 0.370. The van der Waals surface area contributed by atoms with Crippen LogP contribution in [-0.4, -0.2) is 57.3 Å². The molecule has 3 heterocycles. The second kappa shape index (κ2) is 10.2. The highest BCUT2D eigenvalue weighted by Crippen LogP contribution is 2.48. The monoisotopic (exact) mass is 579 g/mol. The maximum Gasteiger partial charge on any atom is 0.417 e. The number of alkyl halides is 3. The first-order valence-corrected chi connectivity index (χ1v) is 13.5. The molecule has 3 unspecified atom stereocenters. The van der Waals surface area contributed by atoms with Crippen LogP contribution >= 0.6 is 11.8 Å². The van der Waals surface area contributed by atoms with E-state index in [0.717, 1.165) is 30.0 Å². The van der Waals surface area contributed by atoms with E-state index in [-0.39, 0.29) is 65.0 Å². The van der Waals surface area contributed by atoms with Crippen LogP contribution in [-0.2, 0) is 17.5 Å². The fourth-order valence-electron chi connectivity index (χ4n) is 5.64. The summed E-state index contributed by atoms with van der Waals surface area (Å²) in [6.45, 7) is 7.51. The second-order valence-electron chi connectivity index (χ2n) is 10.1. The van der Waals surface area contributed by atoms with Gasteiger partial charge >= 0.3 is 11.9 Å². The zero-order valence-electron chi connectivity index (χ0n) is 21.6. The average Bonchev–Trinajstić information content (AvgIpc) is 3.05. The Morgan fingerprint density at radius 1 is 1.15 bits per heavy atom. The number of carbonyl (C=O) groups excluding carboxylic acids is 1. The van der Waals surface area contributed by atoms with E-state index in [0.29, 0.717) is 6.07 Å². The van der Waals surface area contributed by atoms with Gasteiger partial charge in [-0.2, -0.15) is 18.2 Å². The summed E-state index contributed by atoms with van der Waals surface area (Å²) in [5.41, 5.74) is 3.57. The molecule has 1 amide bonds. The molecule has 3 atom stereocenters. The van der Waals surface area contributed by atoms with E-state index in [1.54, 1.807) is 23.6 Å². The van der Waals surface area contributed by atoms with Gasteiger partial charge in [0.15, 0.2) is 0 Å². The first kappa shape index (κ1) is 28.1. The highest BCUT2D eigenvalue weighted by Gasteiger charge is 2.40. The van der Waals surface area contributed by atoms with Crippen molar-refractivity contribution in [1.29, 1.82) is 0 Å². The second-order valence-corrected chi connectivity index (χ2v) is 11.1. The molecule has 2 aromatic carbocycles. The maximum absolute atomic E-state index is 15.0. The van der Waals surface area contributed by atoms with Crippen LogP contribution in [0.1, 0.15) is 19.4 Å². The van der Waals surface area contributed by atoms with Crippen LogP contribution in [0.15, 0.2) is 46.6 Å². The Bertz CT molecular complexity index is 1580. The molecule has 40 heavy (non-hydrogen) atoms. The Balaban J connectivity index is 1.83. The van der Waals surface area contributed by atoms with E-state index in [1.807, 2.05) is 0 Å². The zero-order chi connectivity index (χ0) is 29.1. The number of benzene rings is 2. The molecule has 1 fully saturated rings. The molecule has 5 rings (SSSR count). The van der Waals surface area contributed by atoms with Crippen molar-refractivity contribution in [3.05, 3.63) is 64.6 Å². The average molecular weight is 580 g/mol. The van der Waals surface area contributed by atoms with Crippen LogP contribution in [0.3, 0.4) is 0 Å². The topological polar surface area (TPSA) is 84.5 Å². The maximum atomic E-state index is 15.0. The molecular weight excluding hydrogens is 553 g/mol. The molecule has 1 aromatic heterocycles. The van der Waals surface area contributed by atoms with Gasteiger partial charge in [0.25, 0.3) is 0 Å². The molecule has 7 nitrogen and oxygen atoms in total. The molecule has 2 aliphatic rings. The number of nitrogens with zero attached hydrogens (tertiary/aromatic N) is 4. The first-order chi connectivity index (χ1) is 18.8. The lowest BCUT2D eigenvalue weighted by Gasteiger charge is -2.44. The van der Waals surface area contributed by atoms with E-state index in [4.69, 9.17) is 5.73 Å². The Labute approximate surface area is 230 Å². The quantitative estimate of drug-likeness (QED) is 0.366. The van der Waals surface area contributed by atoms with Gasteiger partial charge in [0.1, 0.15) is 17.5 Å². The number of halogens is 5. The van der Waals surface area contributed by atoms with Crippen molar-refractivity contribution in [2.75, 3.05) is 23.7 Å². The summed E-state index contributed by atoms with van der Waals surface area (Å²) in [6.07, 6.45) is -3.73. The molecule has 0 aliphatic carbocycles. The summed E-state index contributed by atoms with van der Waals surface area (Å²) in [5, 5.41) is 0.0534. The van der Waals surface area contributed by atoms with E-state index in [2.05, 4.69) is 11.6 Å². The van der Waals surface area contributed by atoms with Crippen molar-refractivity contribution in [2.45, 2.75) is 49.6 Å². The van der Waals surface area contributed by atoms with Gasteiger partial charge in [0, 0.05) is 71.0 Å². The minimum Gasteiger partial charge on any atom is -0.352 e. The molecule has 3 aromatic rings. The van der Waals surface area contributed by atoms with Gasteiger partial charge in [0.2, 0.25) is 5.91 Å². The minimum absolute atomic E-state index is 0.00621. The Hall–Kier alpha value is -3.45. The van der Waals surface area contributed by atoms with Crippen LogP contribution in [0.5, 0.6) is 0 Å². The van der Waals surface area contributed by atoms with Gasteiger partial charge in [0.05, 0.1) is 11.1 Å². The van der Waals surface area contributed by atoms with Crippen molar-refractivity contribution >= 4 is 34.4 Å². The lowest BCUT2D eigenvalue weighted by Crippen LogP contribution is -2.58. The van der Waals surface area contributed by atoms with Gasteiger partial charge < -0.3 is 15.5 Å². The summed E-state index contributed by atoms with van der Waals surface area (Å²) in [7, 11) is 0. The molecule has 2 N–H and O–H groups in total. The molecule has 2 aliphatic heterocycles. The van der Waals surface area contributed by atoms with Crippen LogP contribution in [0.4, 0.5) is 27.8 Å². The van der Waals surface area contributed by atoms with Crippen molar-refractivity contribution in [3.8, 4) is 11.1 Å². The third-order valence-electron chi connectivity index (χ3n) is 7.21. The van der Waals surface area contributed by atoms with Gasteiger partial charge in [-0.05, 0) is 38.1 Å². The molecule has 212 valence electrons. The summed E-state index contributed by atoms with van der Waals surface area (Å²) < 4.78 is 73.9. The van der Waals surface area contributed by atoms with E-state index in [1.165, 1.54) is 10.6 Å². The van der Waals surface area contributed by atoms with Crippen LogP contribution < -0.4 is 16.3 Å². The van der Waals surface area contributed by atoms with Gasteiger partial charge in [-0.1, -0.05) is 6.58 Å². The SMILES string of the molecule is C=CC(=O)N1C(C)CN(c2nc(=O)n3c4c(c(-c5ccc(F)cc5F)c(C(F)(F)F)cc24)SCC(N)C3)CC1C. The van der Waals surface area contributed by atoms with Gasteiger partial charge in [-0.3, -0.25) is 9.36 Å². The third-order valence-corrected chi connectivity index (χ3v) is 8.49. The summed E-state index contributed by atoms with van der Waals surface area (Å²) in [4.78, 5) is 33.3. The van der Waals surface area contributed by atoms with Gasteiger partial charge in [-0.25, -0.2) is 13.6 Å². The van der Waals surface area contributed by atoms with Crippen molar-refractivity contribution in [3.63, 3.8) is 0 Å². The fourth-order valence-corrected chi connectivity index (χ4v) is 6.85.